The molecule has 2 N–H and O–H groups in total. The van der Waals surface area contributed by atoms with Gasteiger partial charge in [-0.25, -0.2) is 0 Å². The number of hydrogen-bond donors (Lipinski definition) is 1. The van der Waals surface area contributed by atoms with Gasteiger partial charge in [-0.1, -0.05) is 28.4 Å². The van der Waals surface area contributed by atoms with Crippen molar-refractivity contribution in [3.05, 3.63) is 58.1 Å². The van der Waals surface area contributed by atoms with Gasteiger partial charge in [0.05, 0.1) is 11.0 Å². The topological polar surface area (TPSA) is 77.8 Å². The summed E-state index contributed by atoms with van der Waals surface area (Å²) >= 11 is 12.7. The largest absolute Gasteiger partial charge is 0.399 e. The molecule has 0 amide bonds. The molecule has 0 spiro atoms. The van der Waals surface area contributed by atoms with Crippen LogP contribution in [0, 0.1) is 0 Å². The summed E-state index contributed by atoms with van der Waals surface area (Å²) in [5, 5.41) is 5.20. The number of nitrogens with zero attached hydrogens (tertiary/aromatic N) is 3. The standard InChI is InChI=1S/C16H12Cl2N4O/c17-11-6-10(19)7-12(18)13(11)16(3-4-16)15-21-14(23-22-15)9-2-1-5-20-8-9/h1-2,5-8H,3-4,19H2. The van der Waals surface area contributed by atoms with Crippen LogP contribution in [-0.2, 0) is 5.41 Å². The smallest absolute Gasteiger partial charge is 0.259 e. The Hall–Kier alpha value is -2.11. The first kappa shape index (κ1) is 14.5. The molecule has 2 heterocycles. The number of rotatable bonds is 3. The molecule has 1 aliphatic rings. The zero-order chi connectivity index (χ0) is 16.0. The molecular weight excluding hydrogens is 335 g/mol. The maximum Gasteiger partial charge on any atom is 0.259 e. The zero-order valence-corrected chi connectivity index (χ0v) is 13.5. The van der Waals surface area contributed by atoms with Crippen LogP contribution in [0.3, 0.4) is 0 Å². The highest BCUT2D eigenvalue weighted by atomic mass is 35.5. The first-order valence-electron chi connectivity index (χ1n) is 7.10. The number of halogens is 2. The molecule has 0 atom stereocenters. The molecule has 0 radical (unpaired) electrons. The molecule has 3 aromatic rings. The molecule has 1 fully saturated rings. The van der Waals surface area contributed by atoms with E-state index in [1.165, 1.54) is 0 Å². The molecule has 0 bridgehead atoms. The van der Waals surface area contributed by atoms with E-state index in [-0.39, 0.29) is 0 Å². The van der Waals surface area contributed by atoms with E-state index in [0.717, 1.165) is 24.0 Å². The van der Waals surface area contributed by atoms with Gasteiger partial charge in [-0.15, -0.1) is 0 Å². The number of anilines is 1. The molecule has 1 aliphatic carbocycles. The zero-order valence-electron chi connectivity index (χ0n) is 12.0. The Bertz CT molecular complexity index is 852. The minimum atomic E-state index is -0.397. The third kappa shape index (κ3) is 2.36. The molecule has 0 saturated heterocycles. The Morgan fingerprint density at radius 1 is 1.17 bits per heavy atom. The Labute approximate surface area is 142 Å². The van der Waals surface area contributed by atoms with Gasteiger partial charge in [0.15, 0.2) is 5.82 Å². The monoisotopic (exact) mass is 346 g/mol. The van der Waals surface area contributed by atoms with Crippen LogP contribution in [-0.4, -0.2) is 15.1 Å². The second-order valence-electron chi connectivity index (χ2n) is 5.61. The maximum absolute atomic E-state index is 6.37. The van der Waals surface area contributed by atoms with Crippen molar-refractivity contribution in [2.45, 2.75) is 18.3 Å². The lowest BCUT2D eigenvalue weighted by molar-refractivity contribution is 0.418. The molecule has 7 heteroatoms. The van der Waals surface area contributed by atoms with Crippen molar-refractivity contribution in [1.82, 2.24) is 15.1 Å². The van der Waals surface area contributed by atoms with Gasteiger partial charge < -0.3 is 10.3 Å². The summed E-state index contributed by atoms with van der Waals surface area (Å²) in [6.07, 6.45) is 5.10. The average molecular weight is 347 g/mol. The fourth-order valence-corrected chi connectivity index (χ4v) is 3.65. The fraction of sp³-hybridized carbons (Fsp3) is 0.188. The van der Waals surface area contributed by atoms with Crippen molar-refractivity contribution in [2.75, 3.05) is 5.73 Å². The Kier molecular flexibility index (Phi) is 3.28. The minimum Gasteiger partial charge on any atom is -0.399 e. The number of nitrogens with two attached hydrogens (primary N) is 1. The van der Waals surface area contributed by atoms with Gasteiger partial charge in [-0.3, -0.25) is 4.98 Å². The molecular formula is C16H12Cl2N4O. The third-order valence-electron chi connectivity index (χ3n) is 4.06. The summed E-state index contributed by atoms with van der Waals surface area (Å²) in [4.78, 5) is 8.59. The van der Waals surface area contributed by atoms with Gasteiger partial charge >= 0.3 is 0 Å². The van der Waals surface area contributed by atoms with Crippen molar-refractivity contribution in [3.8, 4) is 11.5 Å². The van der Waals surface area contributed by atoms with Crippen molar-refractivity contribution in [3.63, 3.8) is 0 Å². The molecule has 23 heavy (non-hydrogen) atoms. The van der Waals surface area contributed by atoms with Gasteiger partial charge in [0, 0.05) is 33.7 Å². The highest BCUT2D eigenvalue weighted by Crippen LogP contribution is 2.56. The number of aromatic nitrogens is 3. The lowest BCUT2D eigenvalue weighted by Crippen LogP contribution is -2.12. The number of benzene rings is 1. The van der Waals surface area contributed by atoms with Crippen molar-refractivity contribution < 1.29 is 4.52 Å². The van der Waals surface area contributed by atoms with Gasteiger partial charge in [0.1, 0.15) is 0 Å². The van der Waals surface area contributed by atoms with Gasteiger partial charge in [0.25, 0.3) is 5.89 Å². The van der Waals surface area contributed by atoms with E-state index in [0.29, 0.717) is 27.4 Å². The van der Waals surface area contributed by atoms with Crippen LogP contribution in [0.5, 0.6) is 0 Å². The summed E-state index contributed by atoms with van der Waals surface area (Å²) in [6, 6.07) is 7.09. The summed E-state index contributed by atoms with van der Waals surface area (Å²) in [6.45, 7) is 0. The van der Waals surface area contributed by atoms with Crippen LogP contribution in [0.4, 0.5) is 5.69 Å². The van der Waals surface area contributed by atoms with Crippen LogP contribution in [0.25, 0.3) is 11.5 Å². The van der Waals surface area contributed by atoms with Crippen molar-refractivity contribution in [2.24, 2.45) is 0 Å². The Balaban J connectivity index is 1.78. The van der Waals surface area contributed by atoms with E-state index in [1.54, 1.807) is 24.5 Å². The van der Waals surface area contributed by atoms with Gasteiger partial charge in [-0.05, 0) is 37.1 Å². The van der Waals surface area contributed by atoms with Crippen molar-refractivity contribution >= 4 is 28.9 Å². The molecule has 5 nitrogen and oxygen atoms in total. The second kappa shape index (κ2) is 5.22. The van der Waals surface area contributed by atoms with E-state index in [9.17, 15) is 0 Å². The normalized spacial score (nSPS) is 15.6. The molecule has 0 aliphatic heterocycles. The van der Waals surface area contributed by atoms with E-state index < -0.39 is 5.41 Å². The highest BCUT2D eigenvalue weighted by molar-refractivity contribution is 6.36. The van der Waals surface area contributed by atoms with E-state index in [1.807, 2.05) is 12.1 Å². The first-order chi connectivity index (χ1) is 11.1. The number of pyridine rings is 1. The second-order valence-corrected chi connectivity index (χ2v) is 6.42. The fourth-order valence-electron chi connectivity index (χ4n) is 2.78. The Morgan fingerprint density at radius 2 is 1.91 bits per heavy atom. The Morgan fingerprint density at radius 3 is 2.52 bits per heavy atom. The van der Waals surface area contributed by atoms with Crippen LogP contribution in [0.15, 0.2) is 41.2 Å². The molecule has 1 aromatic carbocycles. The number of hydrogen-bond acceptors (Lipinski definition) is 5. The molecule has 4 rings (SSSR count). The SMILES string of the molecule is Nc1cc(Cl)c(C2(c3noc(-c4cccnc4)n3)CC2)c(Cl)c1. The first-order valence-corrected chi connectivity index (χ1v) is 7.85. The molecule has 2 aromatic heterocycles. The maximum atomic E-state index is 6.37. The molecule has 1 saturated carbocycles. The van der Waals surface area contributed by atoms with Crippen molar-refractivity contribution in [1.29, 1.82) is 0 Å². The van der Waals surface area contributed by atoms with Crippen LogP contribution < -0.4 is 5.73 Å². The summed E-state index contributed by atoms with van der Waals surface area (Å²) in [5.74, 6) is 1.02. The van der Waals surface area contributed by atoms with Crippen LogP contribution >= 0.6 is 23.2 Å². The van der Waals surface area contributed by atoms with Crippen LogP contribution in [0.2, 0.25) is 10.0 Å². The summed E-state index contributed by atoms with van der Waals surface area (Å²) in [7, 11) is 0. The molecule has 116 valence electrons. The quantitative estimate of drug-likeness (QED) is 0.722. The predicted molar refractivity (Wildman–Crippen MR) is 88.4 cm³/mol. The van der Waals surface area contributed by atoms with E-state index >= 15 is 0 Å². The number of nitrogen functional groups attached to an aromatic ring is 1. The van der Waals surface area contributed by atoms with Crippen LogP contribution in [0.1, 0.15) is 24.2 Å². The van der Waals surface area contributed by atoms with E-state index in [2.05, 4.69) is 15.1 Å². The lowest BCUT2D eigenvalue weighted by Gasteiger charge is -2.15. The predicted octanol–water partition coefficient (Wildman–Crippen LogP) is 4.10. The molecule has 0 unspecified atom stereocenters. The highest BCUT2D eigenvalue weighted by Gasteiger charge is 2.52. The third-order valence-corrected chi connectivity index (χ3v) is 4.65. The van der Waals surface area contributed by atoms with Gasteiger partial charge in [-0.2, -0.15) is 4.98 Å². The van der Waals surface area contributed by atoms with Gasteiger partial charge in [0.2, 0.25) is 0 Å². The summed E-state index contributed by atoms with van der Waals surface area (Å²) < 4.78 is 5.39. The summed E-state index contributed by atoms with van der Waals surface area (Å²) in [5.41, 5.74) is 7.51. The lowest BCUT2D eigenvalue weighted by atomic mass is 9.94. The minimum absolute atomic E-state index is 0.397. The van der Waals surface area contributed by atoms with E-state index in [4.69, 9.17) is 33.5 Å². The average Bonchev–Trinajstić information content (AvgIpc) is 3.15.